The van der Waals surface area contributed by atoms with Crippen LogP contribution in [-0.2, 0) is 17.9 Å². The van der Waals surface area contributed by atoms with Crippen LogP contribution in [0.15, 0.2) is 24.4 Å². The van der Waals surface area contributed by atoms with E-state index in [0.29, 0.717) is 13.2 Å². The molecule has 0 unspecified atom stereocenters. The van der Waals surface area contributed by atoms with Gasteiger partial charge in [0.25, 0.3) is 0 Å². The molecule has 0 radical (unpaired) electrons. The first-order chi connectivity index (χ1) is 6.86. The van der Waals surface area contributed by atoms with E-state index >= 15 is 0 Å². The van der Waals surface area contributed by atoms with Crippen molar-refractivity contribution in [2.75, 3.05) is 7.11 Å². The molecule has 4 heteroatoms. The molecule has 2 heterocycles. The molecule has 0 saturated carbocycles. The van der Waals surface area contributed by atoms with Gasteiger partial charge in [-0.1, -0.05) is 6.07 Å². The van der Waals surface area contributed by atoms with Crippen LogP contribution in [-0.4, -0.2) is 16.5 Å². The van der Waals surface area contributed by atoms with E-state index in [1.807, 2.05) is 28.8 Å². The summed E-state index contributed by atoms with van der Waals surface area (Å²) in [5.41, 5.74) is 7.58. The van der Waals surface area contributed by atoms with Crippen molar-refractivity contribution >= 4 is 5.52 Å². The van der Waals surface area contributed by atoms with Crippen LogP contribution in [0, 0.1) is 0 Å². The number of rotatable bonds is 3. The maximum absolute atomic E-state index is 5.61. The minimum absolute atomic E-state index is 0.456. The maximum Gasteiger partial charge on any atom is 0.139 e. The Morgan fingerprint density at radius 2 is 2.36 bits per heavy atom. The number of methoxy groups -OCH3 is 1. The lowest BCUT2D eigenvalue weighted by molar-refractivity contribution is 0.177. The van der Waals surface area contributed by atoms with Crippen LogP contribution in [0.5, 0.6) is 0 Å². The number of fused-ring (bicyclic) bond motifs is 1. The van der Waals surface area contributed by atoms with Crippen LogP contribution in [0.3, 0.4) is 0 Å². The molecule has 0 spiro atoms. The van der Waals surface area contributed by atoms with Gasteiger partial charge in [-0.15, -0.1) is 0 Å². The number of pyridine rings is 1. The third-order valence-electron chi connectivity index (χ3n) is 2.16. The molecule has 0 aliphatic rings. The third-order valence-corrected chi connectivity index (χ3v) is 2.16. The van der Waals surface area contributed by atoms with E-state index in [0.717, 1.165) is 17.0 Å². The summed E-state index contributed by atoms with van der Waals surface area (Å²) in [6.07, 6.45) is 1.97. The predicted octanol–water partition coefficient (Wildman–Crippen LogP) is 0.939. The number of nitrogens with two attached hydrogens (primary N) is 1. The van der Waals surface area contributed by atoms with E-state index in [-0.39, 0.29) is 0 Å². The highest BCUT2D eigenvalue weighted by Gasteiger charge is 2.07. The maximum atomic E-state index is 5.61. The number of hydrogen-bond acceptors (Lipinski definition) is 3. The Morgan fingerprint density at radius 1 is 1.50 bits per heavy atom. The summed E-state index contributed by atoms with van der Waals surface area (Å²) < 4.78 is 7.08. The van der Waals surface area contributed by atoms with E-state index in [1.165, 1.54) is 0 Å². The summed E-state index contributed by atoms with van der Waals surface area (Å²) in [7, 11) is 1.66. The smallest absolute Gasteiger partial charge is 0.139 e. The van der Waals surface area contributed by atoms with Gasteiger partial charge in [-0.2, -0.15) is 0 Å². The molecule has 0 aliphatic carbocycles. The molecule has 0 amide bonds. The van der Waals surface area contributed by atoms with Gasteiger partial charge in [0.1, 0.15) is 12.4 Å². The van der Waals surface area contributed by atoms with Crippen LogP contribution in [0.4, 0.5) is 0 Å². The highest BCUT2D eigenvalue weighted by Crippen LogP contribution is 2.12. The van der Waals surface area contributed by atoms with Crippen molar-refractivity contribution in [1.29, 1.82) is 0 Å². The second kappa shape index (κ2) is 3.77. The van der Waals surface area contributed by atoms with Crippen molar-refractivity contribution in [3.05, 3.63) is 35.9 Å². The molecule has 4 nitrogen and oxygen atoms in total. The van der Waals surface area contributed by atoms with E-state index in [9.17, 15) is 0 Å². The summed E-state index contributed by atoms with van der Waals surface area (Å²) in [5, 5.41) is 0. The fourth-order valence-electron chi connectivity index (χ4n) is 1.55. The molecular formula is C10H13N3O. The molecule has 2 rings (SSSR count). The second-order valence-electron chi connectivity index (χ2n) is 3.07. The lowest BCUT2D eigenvalue weighted by Crippen LogP contribution is -1.97. The first kappa shape index (κ1) is 9.18. The van der Waals surface area contributed by atoms with Crippen LogP contribution < -0.4 is 5.73 Å². The van der Waals surface area contributed by atoms with Gasteiger partial charge < -0.3 is 14.9 Å². The molecule has 74 valence electrons. The fraction of sp³-hybridized carbons (Fsp3) is 0.300. The number of aromatic nitrogens is 2. The Labute approximate surface area is 82.3 Å². The Bertz CT molecular complexity index is 436. The monoisotopic (exact) mass is 191 g/mol. The largest absolute Gasteiger partial charge is 0.377 e. The first-order valence-electron chi connectivity index (χ1n) is 4.50. The molecule has 2 aromatic rings. The zero-order valence-electron chi connectivity index (χ0n) is 8.10. The molecule has 0 aliphatic heterocycles. The number of nitrogens with zero attached hydrogens (tertiary/aromatic N) is 2. The topological polar surface area (TPSA) is 52.5 Å². The fourth-order valence-corrected chi connectivity index (χ4v) is 1.55. The zero-order chi connectivity index (χ0) is 9.97. The van der Waals surface area contributed by atoms with Crippen LogP contribution in [0.25, 0.3) is 5.52 Å². The Balaban J connectivity index is 2.61. The number of ether oxygens (including phenoxy) is 1. The zero-order valence-corrected chi connectivity index (χ0v) is 8.10. The van der Waals surface area contributed by atoms with E-state index in [1.54, 1.807) is 7.11 Å². The summed E-state index contributed by atoms with van der Waals surface area (Å²) in [6.45, 7) is 0.961. The molecule has 0 bridgehead atoms. The molecule has 0 aromatic carbocycles. The van der Waals surface area contributed by atoms with Gasteiger partial charge in [-0.25, -0.2) is 4.98 Å². The average molecular weight is 191 g/mol. The van der Waals surface area contributed by atoms with Crippen molar-refractivity contribution in [2.24, 2.45) is 5.73 Å². The summed E-state index contributed by atoms with van der Waals surface area (Å²) >= 11 is 0. The Morgan fingerprint density at radius 3 is 3.07 bits per heavy atom. The standard InChI is InChI=1S/C10H13N3O/c1-14-7-10-12-8(6-11)9-4-2-3-5-13(9)10/h2-5H,6-7,11H2,1H3. The van der Waals surface area contributed by atoms with Gasteiger partial charge in [0.2, 0.25) is 0 Å². The van der Waals surface area contributed by atoms with Gasteiger partial charge in [-0.3, -0.25) is 0 Å². The number of hydrogen-bond donors (Lipinski definition) is 1. The second-order valence-corrected chi connectivity index (χ2v) is 3.07. The summed E-state index contributed by atoms with van der Waals surface area (Å²) in [4.78, 5) is 4.41. The third kappa shape index (κ3) is 1.38. The highest BCUT2D eigenvalue weighted by molar-refractivity contribution is 5.52. The summed E-state index contributed by atoms with van der Waals surface area (Å²) in [5.74, 6) is 0.892. The van der Waals surface area contributed by atoms with Gasteiger partial charge >= 0.3 is 0 Å². The van der Waals surface area contributed by atoms with Gasteiger partial charge in [0, 0.05) is 19.9 Å². The van der Waals surface area contributed by atoms with E-state index in [2.05, 4.69) is 4.98 Å². The van der Waals surface area contributed by atoms with Crippen molar-refractivity contribution < 1.29 is 4.74 Å². The van der Waals surface area contributed by atoms with Gasteiger partial charge in [0.15, 0.2) is 0 Å². The first-order valence-corrected chi connectivity index (χ1v) is 4.50. The number of imidazole rings is 1. The molecule has 0 saturated heterocycles. The molecule has 14 heavy (non-hydrogen) atoms. The van der Waals surface area contributed by atoms with Crippen molar-refractivity contribution in [2.45, 2.75) is 13.2 Å². The van der Waals surface area contributed by atoms with Gasteiger partial charge in [0.05, 0.1) is 11.2 Å². The van der Waals surface area contributed by atoms with Crippen LogP contribution in [0.2, 0.25) is 0 Å². The van der Waals surface area contributed by atoms with Crippen molar-refractivity contribution in [1.82, 2.24) is 9.38 Å². The lowest BCUT2D eigenvalue weighted by atomic mass is 10.3. The minimum atomic E-state index is 0.456. The Kier molecular flexibility index (Phi) is 2.47. The average Bonchev–Trinajstić information content (AvgIpc) is 2.58. The molecular weight excluding hydrogens is 178 g/mol. The van der Waals surface area contributed by atoms with E-state index in [4.69, 9.17) is 10.5 Å². The SMILES string of the molecule is COCc1nc(CN)c2ccccn12. The summed E-state index contributed by atoms with van der Waals surface area (Å²) in [6, 6.07) is 5.95. The van der Waals surface area contributed by atoms with Crippen LogP contribution >= 0.6 is 0 Å². The van der Waals surface area contributed by atoms with Gasteiger partial charge in [-0.05, 0) is 12.1 Å². The normalized spacial score (nSPS) is 11.0. The quantitative estimate of drug-likeness (QED) is 0.785. The van der Waals surface area contributed by atoms with Crippen molar-refractivity contribution in [3.8, 4) is 0 Å². The predicted molar refractivity (Wildman–Crippen MR) is 53.8 cm³/mol. The Hall–Kier alpha value is -1.39. The minimum Gasteiger partial charge on any atom is -0.377 e. The molecule has 2 N–H and O–H groups in total. The molecule has 0 fully saturated rings. The lowest BCUT2D eigenvalue weighted by Gasteiger charge is -1.98. The molecule has 0 atom stereocenters. The van der Waals surface area contributed by atoms with Crippen LogP contribution in [0.1, 0.15) is 11.5 Å². The van der Waals surface area contributed by atoms with E-state index < -0.39 is 0 Å². The molecule has 2 aromatic heterocycles. The van der Waals surface area contributed by atoms with Crippen molar-refractivity contribution in [3.63, 3.8) is 0 Å². The highest BCUT2D eigenvalue weighted by atomic mass is 16.5.